The van der Waals surface area contributed by atoms with Gasteiger partial charge in [0.1, 0.15) is 0 Å². The van der Waals surface area contributed by atoms with E-state index < -0.39 is 0 Å². The minimum atomic E-state index is 0.142. The van der Waals surface area contributed by atoms with Crippen molar-refractivity contribution in [2.45, 2.75) is 13.8 Å². The molecule has 0 aromatic heterocycles. The largest absolute Gasteiger partial charge is 0.380 e. The van der Waals surface area contributed by atoms with Crippen LogP contribution in [-0.2, 0) is 9.53 Å². The van der Waals surface area contributed by atoms with Crippen molar-refractivity contribution in [1.82, 2.24) is 4.90 Å². The van der Waals surface area contributed by atoms with Gasteiger partial charge in [-0.3, -0.25) is 4.79 Å². The maximum atomic E-state index is 11.4. The molecular formula is C9H15NO2. The molecule has 12 heavy (non-hydrogen) atoms. The third kappa shape index (κ3) is 1.04. The first-order valence-corrected chi connectivity index (χ1v) is 4.50. The van der Waals surface area contributed by atoms with E-state index in [0.29, 0.717) is 5.41 Å². The molecule has 0 N–H and O–H groups in total. The molecule has 1 amide bonds. The highest BCUT2D eigenvalue weighted by Crippen LogP contribution is 2.37. The number of rotatable bonds is 1. The Morgan fingerprint density at radius 3 is 2.33 bits per heavy atom. The van der Waals surface area contributed by atoms with Gasteiger partial charge in [-0.25, -0.2) is 0 Å². The van der Waals surface area contributed by atoms with E-state index in [1.165, 1.54) is 0 Å². The van der Waals surface area contributed by atoms with E-state index >= 15 is 0 Å². The molecule has 0 bridgehead atoms. The van der Waals surface area contributed by atoms with Crippen LogP contribution >= 0.6 is 0 Å². The summed E-state index contributed by atoms with van der Waals surface area (Å²) in [5.74, 6) is 0.427. The van der Waals surface area contributed by atoms with E-state index in [1.807, 2.05) is 18.7 Å². The standard InChI is InChI=1S/C9H15NO2/c1-7(2)8(11)10-3-9(4-10)5-12-6-9/h7H,3-6H2,1-2H3. The SMILES string of the molecule is CC(C)C(=O)N1CC2(COC2)C1. The van der Waals surface area contributed by atoms with E-state index in [-0.39, 0.29) is 11.8 Å². The predicted molar refractivity (Wildman–Crippen MR) is 44.7 cm³/mol. The van der Waals surface area contributed by atoms with Gasteiger partial charge in [0.25, 0.3) is 0 Å². The summed E-state index contributed by atoms with van der Waals surface area (Å²) in [6.45, 7) is 7.45. The Labute approximate surface area is 72.7 Å². The summed E-state index contributed by atoms with van der Waals surface area (Å²) in [6, 6.07) is 0. The highest BCUT2D eigenvalue weighted by atomic mass is 16.5. The fourth-order valence-electron chi connectivity index (χ4n) is 1.86. The lowest BCUT2D eigenvalue weighted by molar-refractivity contribution is -0.196. The summed E-state index contributed by atoms with van der Waals surface area (Å²) in [5.41, 5.74) is 0.366. The van der Waals surface area contributed by atoms with Gasteiger partial charge in [-0.15, -0.1) is 0 Å². The molecule has 0 aliphatic carbocycles. The Hall–Kier alpha value is -0.570. The molecule has 2 fully saturated rings. The molecule has 0 atom stereocenters. The zero-order valence-electron chi connectivity index (χ0n) is 7.67. The van der Waals surface area contributed by atoms with E-state index in [2.05, 4.69) is 0 Å². The summed E-state index contributed by atoms with van der Waals surface area (Å²) in [7, 11) is 0. The molecular weight excluding hydrogens is 154 g/mol. The van der Waals surface area contributed by atoms with Crippen molar-refractivity contribution in [1.29, 1.82) is 0 Å². The molecule has 3 nitrogen and oxygen atoms in total. The first-order chi connectivity index (χ1) is 5.63. The van der Waals surface area contributed by atoms with Crippen molar-refractivity contribution in [3.05, 3.63) is 0 Å². The molecule has 3 heteroatoms. The van der Waals surface area contributed by atoms with Crippen molar-refractivity contribution in [3.8, 4) is 0 Å². The van der Waals surface area contributed by atoms with Crippen molar-refractivity contribution < 1.29 is 9.53 Å². The first kappa shape index (κ1) is 8.05. The quantitative estimate of drug-likeness (QED) is 0.572. The van der Waals surface area contributed by atoms with Crippen LogP contribution in [0.3, 0.4) is 0 Å². The van der Waals surface area contributed by atoms with Crippen LogP contribution < -0.4 is 0 Å². The molecule has 2 aliphatic heterocycles. The second-order valence-electron chi connectivity index (χ2n) is 4.34. The number of carbonyl (C=O) groups is 1. The number of ether oxygens (including phenoxy) is 1. The Bertz CT molecular complexity index is 201. The minimum absolute atomic E-state index is 0.142. The highest BCUT2D eigenvalue weighted by Gasteiger charge is 2.50. The van der Waals surface area contributed by atoms with Crippen molar-refractivity contribution in [3.63, 3.8) is 0 Å². The number of likely N-dealkylation sites (tertiary alicyclic amines) is 1. The van der Waals surface area contributed by atoms with Gasteiger partial charge < -0.3 is 9.64 Å². The first-order valence-electron chi connectivity index (χ1n) is 4.50. The molecule has 2 rings (SSSR count). The molecule has 0 saturated carbocycles. The Balaban J connectivity index is 1.84. The zero-order valence-corrected chi connectivity index (χ0v) is 7.67. The van der Waals surface area contributed by atoms with E-state index in [1.54, 1.807) is 0 Å². The smallest absolute Gasteiger partial charge is 0.225 e. The topological polar surface area (TPSA) is 29.5 Å². The molecule has 2 saturated heterocycles. The molecule has 0 aromatic carbocycles. The number of hydrogen-bond donors (Lipinski definition) is 0. The molecule has 68 valence electrons. The van der Waals surface area contributed by atoms with E-state index in [0.717, 1.165) is 26.3 Å². The lowest BCUT2D eigenvalue weighted by Gasteiger charge is -2.55. The van der Waals surface area contributed by atoms with Gasteiger partial charge in [0.15, 0.2) is 0 Å². The minimum Gasteiger partial charge on any atom is -0.380 e. The number of nitrogens with zero attached hydrogens (tertiary/aromatic N) is 1. The fraction of sp³-hybridized carbons (Fsp3) is 0.889. The summed E-state index contributed by atoms with van der Waals surface area (Å²) in [6.07, 6.45) is 0. The van der Waals surface area contributed by atoms with E-state index in [9.17, 15) is 4.79 Å². The van der Waals surface area contributed by atoms with Gasteiger partial charge in [0.05, 0.1) is 18.6 Å². The van der Waals surface area contributed by atoms with Gasteiger partial charge in [-0.1, -0.05) is 13.8 Å². The monoisotopic (exact) mass is 169 g/mol. The number of amides is 1. The van der Waals surface area contributed by atoms with Crippen LogP contribution in [0.4, 0.5) is 0 Å². The number of hydrogen-bond acceptors (Lipinski definition) is 2. The fourth-order valence-corrected chi connectivity index (χ4v) is 1.86. The molecule has 0 radical (unpaired) electrons. The average Bonchev–Trinajstić information content (AvgIpc) is 1.80. The number of carbonyl (C=O) groups excluding carboxylic acids is 1. The summed E-state index contributed by atoms with van der Waals surface area (Å²) < 4.78 is 5.13. The van der Waals surface area contributed by atoms with Crippen molar-refractivity contribution in [2.75, 3.05) is 26.3 Å². The second kappa shape index (κ2) is 2.46. The van der Waals surface area contributed by atoms with Gasteiger partial charge in [0, 0.05) is 19.0 Å². The average molecular weight is 169 g/mol. The van der Waals surface area contributed by atoms with Gasteiger partial charge in [0.2, 0.25) is 5.91 Å². The Morgan fingerprint density at radius 1 is 1.42 bits per heavy atom. The molecule has 2 aliphatic rings. The molecule has 0 aromatic rings. The predicted octanol–water partition coefficient (Wildman–Crippen LogP) is 0.501. The van der Waals surface area contributed by atoms with Crippen LogP contribution in [0.15, 0.2) is 0 Å². The third-order valence-corrected chi connectivity index (χ3v) is 2.67. The maximum Gasteiger partial charge on any atom is 0.225 e. The summed E-state index contributed by atoms with van der Waals surface area (Å²) in [5, 5.41) is 0. The normalized spacial score (nSPS) is 25.4. The van der Waals surface area contributed by atoms with Crippen LogP contribution in [0.2, 0.25) is 0 Å². The van der Waals surface area contributed by atoms with Crippen LogP contribution in [-0.4, -0.2) is 37.1 Å². The third-order valence-electron chi connectivity index (χ3n) is 2.67. The maximum absolute atomic E-state index is 11.4. The van der Waals surface area contributed by atoms with Crippen LogP contribution in [0.5, 0.6) is 0 Å². The molecule has 2 heterocycles. The van der Waals surface area contributed by atoms with Gasteiger partial charge in [-0.05, 0) is 0 Å². The van der Waals surface area contributed by atoms with Crippen LogP contribution in [0, 0.1) is 11.3 Å². The van der Waals surface area contributed by atoms with Gasteiger partial charge in [-0.2, -0.15) is 0 Å². The zero-order chi connectivity index (χ0) is 8.77. The van der Waals surface area contributed by atoms with E-state index in [4.69, 9.17) is 4.74 Å². The Kier molecular flexibility index (Phi) is 1.65. The van der Waals surface area contributed by atoms with Gasteiger partial charge >= 0.3 is 0 Å². The summed E-state index contributed by atoms with van der Waals surface area (Å²) >= 11 is 0. The van der Waals surface area contributed by atoms with Crippen LogP contribution in [0.1, 0.15) is 13.8 Å². The lowest BCUT2D eigenvalue weighted by atomic mass is 9.77. The van der Waals surface area contributed by atoms with Crippen molar-refractivity contribution >= 4 is 5.91 Å². The van der Waals surface area contributed by atoms with Crippen molar-refractivity contribution in [2.24, 2.45) is 11.3 Å². The highest BCUT2D eigenvalue weighted by molar-refractivity contribution is 5.79. The molecule has 0 unspecified atom stereocenters. The molecule has 1 spiro atoms. The Morgan fingerprint density at radius 2 is 2.00 bits per heavy atom. The second-order valence-corrected chi connectivity index (χ2v) is 4.34. The summed E-state index contributed by atoms with van der Waals surface area (Å²) in [4.78, 5) is 13.4. The lowest BCUT2D eigenvalue weighted by Crippen LogP contribution is -2.67. The van der Waals surface area contributed by atoms with Crippen LogP contribution in [0.25, 0.3) is 0 Å².